The Morgan fingerprint density at radius 3 is 3.06 bits per heavy atom. The maximum Gasteiger partial charge on any atom is 0.270 e. The molecule has 1 amide bonds. The molecule has 0 aliphatic carbocycles. The van der Waals surface area contributed by atoms with E-state index in [4.69, 9.17) is 11.6 Å². The van der Waals surface area contributed by atoms with Crippen LogP contribution < -0.4 is 5.32 Å². The number of amides is 1. The summed E-state index contributed by atoms with van der Waals surface area (Å²) in [4.78, 5) is 14.4. The van der Waals surface area contributed by atoms with Gasteiger partial charge in [-0.2, -0.15) is 0 Å². The first-order valence-electron chi connectivity index (χ1n) is 6.00. The molecule has 0 aromatic carbocycles. The Bertz CT molecular complexity index is 457. The normalized spacial score (nSPS) is 27.5. The number of nitrogens with zero attached hydrogens (tertiary/aromatic N) is 2. The van der Waals surface area contributed by atoms with E-state index in [1.165, 1.54) is 0 Å². The molecule has 0 unspecified atom stereocenters. The maximum absolute atomic E-state index is 12.4. The molecule has 1 aromatic heterocycles. The summed E-state index contributed by atoms with van der Waals surface area (Å²) in [7, 11) is 1.86. The molecule has 3 rings (SSSR count). The number of halogens is 1. The van der Waals surface area contributed by atoms with Gasteiger partial charge in [-0.05, 0) is 18.4 Å². The molecule has 2 atom stereocenters. The average molecular weight is 254 g/mol. The SMILES string of the molecule is Cn1cc(Cl)cc1C(=O)N1CC[C@H]2CNC[C@H]21. The first-order valence-corrected chi connectivity index (χ1v) is 6.38. The van der Waals surface area contributed by atoms with Gasteiger partial charge in [-0.15, -0.1) is 0 Å². The second kappa shape index (κ2) is 4.03. The largest absolute Gasteiger partial charge is 0.345 e. The van der Waals surface area contributed by atoms with E-state index in [0.29, 0.717) is 22.7 Å². The van der Waals surface area contributed by atoms with Crippen LogP contribution in [0.3, 0.4) is 0 Å². The number of nitrogens with one attached hydrogen (secondary N) is 1. The van der Waals surface area contributed by atoms with Gasteiger partial charge in [0.2, 0.25) is 0 Å². The van der Waals surface area contributed by atoms with Gasteiger partial charge in [0.05, 0.1) is 5.02 Å². The fourth-order valence-corrected chi connectivity index (χ4v) is 3.24. The number of carbonyl (C=O) groups excluding carboxylic acids is 1. The number of rotatable bonds is 1. The van der Waals surface area contributed by atoms with Gasteiger partial charge in [0.1, 0.15) is 5.69 Å². The van der Waals surface area contributed by atoms with Crippen molar-refractivity contribution in [2.24, 2.45) is 13.0 Å². The van der Waals surface area contributed by atoms with Gasteiger partial charge in [0, 0.05) is 38.9 Å². The minimum atomic E-state index is 0.107. The molecule has 0 radical (unpaired) electrons. The predicted octanol–water partition coefficient (Wildman–Crippen LogP) is 1.11. The van der Waals surface area contributed by atoms with Crippen molar-refractivity contribution < 1.29 is 4.79 Å². The molecule has 0 spiro atoms. The van der Waals surface area contributed by atoms with Gasteiger partial charge < -0.3 is 14.8 Å². The summed E-state index contributed by atoms with van der Waals surface area (Å²) in [5.41, 5.74) is 0.683. The van der Waals surface area contributed by atoms with Crippen LogP contribution in [0.25, 0.3) is 0 Å². The van der Waals surface area contributed by atoms with Gasteiger partial charge in [0.25, 0.3) is 5.91 Å². The van der Waals surface area contributed by atoms with Gasteiger partial charge in [-0.25, -0.2) is 0 Å². The molecule has 2 fully saturated rings. The van der Waals surface area contributed by atoms with Gasteiger partial charge in [-0.3, -0.25) is 4.79 Å². The molecule has 92 valence electrons. The van der Waals surface area contributed by atoms with Crippen molar-refractivity contribution >= 4 is 17.5 Å². The highest BCUT2D eigenvalue weighted by molar-refractivity contribution is 6.31. The van der Waals surface area contributed by atoms with Crippen LogP contribution in [0.5, 0.6) is 0 Å². The number of hydrogen-bond acceptors (Lipinski definition) is 2. The van der Waals surface area contributed by atoms with Crippen LogP contribution in [0.1, 0.15) is 16.9 Å². The topological polar surface area (TPSA) is 37.3 Å². The highest BCUT2D eigenvalue weighted by Gasteiger charge is 2.40. The lowest BCUT2D eigenvalue weighted by molar-refractivity contribution is 0.0727. The summed E-state index contributed by atoms with van der Waals surface area (Å²) < 4.78 is 1.81. The zero-order valence-electron chi connectivity index (χ0n) is 9.82. The zero-order valence-corrected chi connectivity index (χ0v) is 10.6. The molecule has 2 saturated heterocycles. The molecule has 1 N–H and O–H groups in total. The number of hydrogen-bond donors (Lipinski definition) is 1. The predicted molar refractivity (Wildman–Crippen MR) is 66.2 cm³/mol. The van der Waals surface area contributed by atoms with Gasteiger partial charge in [0.15, 0.2) is 0 Å². The lowest BCUT2D eigenvalue weighted by Gasteiger charge is -2.23. The Labute approximate surface area is 106 Å². The smallest absolute Gasteiger partial charge is 0.270 e. The van der Waals surface area contributed by atoms with Crippen LogP contribution in [0.4, 0.5) is 0 Å². The van der Waals surface area contributed by atoms with Crippen LogP contribution in [0.15, 0.2) is 12.3 Å². The monoisotopic (exact) mass is 253 g/mol. The van der Waals surface area contributed by atoms with E-state index >= 15 is 0 Å². The average Bonchev–Trinajstić information content (AvgIpc) is 2.91. The van der Waals surface area contributed by atoms with Crippen LogP contribution in [0.2, 0.25) is 5.02 Å². The second-order valence-corrected chi connectivity index (χ2v) is 5.36. The van der Waals surface area contributed by atoms with Crippen molar-refractivity contribution in [3.8, 4) is 0 Å². The van der Waals surface area contributed by atoms with E-state index in [2.05, 4.69) is 5.32 Å². The molecular formula is C12H16ClN3O. The van der Waals surface area contributed by atoms with Crippen molar-refractivity contribution in [3.05, 3.63) is 23.0 Å². The molecule has 5 heteroatoms. The molecule has 4 nitrogen and oxygen atoms in total. The van der Waals surface area contributed by atoms with E-state index in [9.17, 15) is 4.79 Å². The van der Waals surface area contributed by atoms with E-state index in [0.717, 1.165) is 26.1 Å². The molecule has 0 bridgehead atoms. The van der Waals surface area contributed by atoms with Crippen molar-refractivity contribution in [2.45, 2.75) is 12.5 Å². The minimum absolute atomic E-state index is 0.107. The van der Waals surface area contributed by atoms with Crippen molar-refractivity contribution in [2.75, 3.05) is 19.6 Å². The van der Waals surface area contributed by atoms with Crippen LogP contribution in [0, 0.1) is 5.92 Å². The molecule has 2 aliphatic rings. The third-order valence-corrected chi connectivity index (χ3v) is 4.10. The lowest BCUT2D eigenvalue weighted by atomic mass is 10.1. The van der Waals surface area contributed by atoms with E-state index in [1.807, 2.05) is 11.9 Å². The number of carbonyl (C=O) groups is 1. The Morgan fingerprint density at radius 2 is 2.35 bits per heavy atom. The summed E-state index contributed by atoms with van der Waals surface area (Å²) >= 11 is 5.92. The fraction of sp³-hybridized carbons (Fsp3) is 0.583. The number of aryl methyl sites for hydroxylation is 1. The molecule has 0 saturated carbocycles. The molecular weight excluding hydrogens is 238 g/mol. The van der Waals surface area contributed by atoms with Crippen LogP contribution in [-0.4, -0.2) is 41.1 Å². The number of fused-ring (bicyclic) bond motifs is 1. The Morgan fingerprint density at radius 1 is 1.53 bits per heavy atom. The Kier molecular flexibility index (Phi) is 2.64. The third-order valence-electron chi connectivity index (χ3n) is 3.90. The molecule has 1 aromatic rings. The first kappa shape index (κ1) is 11.1. The summed E-state index contributed by atoms with van der Waals surface area (Å²) in [6.07, 6.45) is 2.89. The van der Waals surface area contributed by atoms with Gasteiger partial charge in [-0.1, -0.05) is 11.6 Å². The van der Waals surface area contributed by atoms with E-state index in [1.54, 1.807) is 16.8 Å². The Balaban J connectivity index is 1.85. The first-order chi connectivity index (χ1) is 8.16. The van der Waals surface area contributed by atoms with Gasteiger partial charge >= 0.3 is 0 Å². The quantitative estimate of drug-likeness (QED) is 0.814. The standard InChI is InChI=1S/C12H16ClN3O/c1-15-7-9(13)4-10(15)12(17)16-3-2-8-5-14-6-11(8)16/h4,7-8,11,14H,2-3,5-6H2,1H3/t8-,11+/m0/s1. The van der Waals surface area contributed by atoms with Crippen molar-refractivity contribution in [3.63, 3.8) is 0 Å². The molecule has 17 heavy (non-hydrogen) atoms. The summed E-state index contributed by atoms with van der Waals surface area (Å²) in [5.74, 6) is 0.741. The molecule has 2 aliphatic heterocycles. The van der Waals surface area contributed by atoms with Crippen LogP contribution >= 0.6 is 11.6 Å². The Hall–Kier alpha value is -1.00. The summed E-state index contributed by atoms with van der Waals surface area (Å²) in [6.45, 7) is 2.84. The lowest BCUT2D eigenvalue weighted by Crippen LogP contribution is -2.39. The van der Waals surface area contributed by atoms with Crippen molar-refractivity contribution in [1.29, 1.82) is 0 Å². The fourth-order valence-electron chi connectivity index (χ4n) is 2.99. The van der Waals surface area contributed by atoms with Crippen molar-refractivity contribution in [1.82, 2.24) is 14.8 Å². The van der Waals surface area contributed by atoms with E-state index in [-0.39, 0.29) is 5.91 Å². The zero-order chi connectivity index (χ0) is 12.0. The number of likely N-dealkylation sites (tertiary alicyclic amines) is 1. The second-order valence-electron chi connectivity index (χ2n) is 4.93. The third kappa shape index (κ3) is 1.76. The molecule has 3 heterocycles. The summed E-state index contributed by atoms with van der Waals surface area (Å²) in [6, 6.07) is 2.12. The maximum atomic E-state index is 12.4. The summed E-state index contributed by atoms with van der Waals surface area (Å²) in [5, 5.41) is 3.98. The number of aromatic nitrogens is 1. The highest BCUT2D eigenvalue weighted by Crippen LogP contribution is 2.29. The minimum Gasteiger partial charge on any atom is -0.345 e. The van der Waals surface area contributed by atoms with E-state index < -0.39 is 0 Å². The highest BCUT2D eigenvalue weighted by atomic mass is 35.5. The van der Waals surface area contributed by atoms with Crippen LogP contribution in [-0.2, 0) is 7.05 Å².